The second kappa shape index (κ2) is 2.18. The summed E-state index contributed by atoms with van der Waals surface area (Å²) in [7, 11) is 0. The quantitative estimate of drug-likeness (QED) is 0.580. The molecule has 2 rings (SSSR count). The molecular formula is C10H14OS. The maximum atomic E-state index is 9.82. The molecule has 1 N–H and O–H groups in total. The molecule has 1 nitrogen and oxygen atoms in total. The van der Waals surface area contributed by atoms with E-state index >= 15 is 0 Å². The van der Waals surface area contributed by atoms with Gasteiger partial charge in [-0.15, -0.1) is 11.8 Å². The lowest BCUT2D eigenvalue weighted by molar-refractivity contribution is 0.225. The zero-order valence-electron chi connectivity index (χ0n) is 7.66. The third-order valence-corrected chi connectivity index (χ3v) is 3.61. The van der Waals surface area contributed by atoms with Gasteiger partial charge in [-0.25, -0.2) is 0 Å². The lowest BCUT2D eigenvalue weighted by Gasteiger charge is -2.23. The third kappa shape index (κ3) is 1.23. The van der Waals surface area contributed by atoms with Crippen LogP contribution in [0.2, 0.25) is 0 Å². The Hall–Kier alpha value is -0.210. The molecule has 0 amide bonds. The van der Waals surface area contributed by atoms with Crippen LogP contribution in [0.4, 0.5) is 0 Å². The molecule has 1 aliphatic carbocycles. The van der Waals surface area contributed by atoms with E-state index < -0.39 is 4.93 Å². The van der Waals surface area contributed by atoms with Crippen LogP contribution in [0.3, 0.4) is 0 Å². The largest absolute Gasteiger partial charge is 0.374 e. The zero-order chi connectivity index (χ0) is 8.98. The van der Waals surface area contributed by atoms with Crippen LogP contribution in [0.1, 0.15) is 20.8 Å². The van der Waals surface area contributed by atoms with E-state index in [1.807, 2.05) is 6.08 Å². The van der Waals surface area contributed by atoms with Crippen molar-refractivity contribution in [2.45, 2.75) is 31.0 Å². The van der Waals surface area contributed by atoms with Gasteiger partial charge >= 0.3 is 0 Å². The first-order valence-electron chi connectivity index (χ1n) is 4.23. The number of allylic oxidation sites excluding steroid dienone is 2. The van der Waals surface area contributed by atoms with Crippen molar-refractivity contribution in [3.8, 4) is 0 Å². The van der Waals surface area contributed by atoms with Crippen molar-refractivity contribution in [2.24, 2.45) is 5.41 Å². The van der Waals surface area contributed by atoms with Gasteiger partial charge in [-0.1, -0.05) is 32.9 Å². The van der Waals surface area contributed by atoms with Gasteiger partial charge in [0.05, 0.1) is 5.25 Å². The fourth-order valence-corrected chi connectivity index (χ4v) is 2.23. The molecule has 1 aliphatic heterocycles. The zero-order valence-corrected chi connectivity index (χ0v) is 8.48. The van der Waals surface area contributed by atoms with Crippen LogP contribution in [0, 0.1) is 5.41 Å². The van der Waals surface area contributed by atoms with Gasteiger partial charge in [0.2, 0.25) is 0 Å². The Kier molecular flexibility index (Phi) is 1.52. The molecule has 0 radical (unpaired) electrons. The smallest absolute Gasteiger partial charge is 0.145 e. The van der Waals surface area contributed by atoms with Crippen LogP contribution in [0.15, 0.2) is 23.8 Å². The van der Waals surface area contributed by atoms with Crippen molar-refractivity contribution in [1.82, 2.24) is 0 Å². The summed E-state index contributed by atoms with van der Waals surface area (Å²) in [5.41, 5.74) is 1.40. The van der Waals surface area contributed by atoms with Gasteiger partial charge in [0.1, 0.15) is 4.93 Å². The second-order valence-electron chi connectivity index (χ2n) is 4.50. The summed E-state index contributed by atoms with van der Waals surface area (Å²) < 4.78 is 0. The van der Waals surface area contributed by atoms with E-state index in [9.17, 15) is 5.11 Å². The average Bonchev–Trinajstić information content (AvgIpc) is 2.56. The van der Waals surface area contributed by atoms with Gasteiger partial charge in [-0.3, -0.25) is 0 Å². The highest BCUT2D eigenvalue weighted by molar-refractivity contribution is 8.08. The molecule has 1 heterocycles. The summed E-state index contributed by atoms with van der Waals surface area (Å²) in [5, 5.41) is 10.1. The van der Waals surface area contributed by atoms with Crippen molar-refractivity contribution in [3.05, 3.63) is 23.8 Å². The normalized spacial score (nSPS) is 39.0. The molecule has 0 aromatic heterocycles. The number of thioether (sulfide) groups is 1. The fraction of sp³-hybridized carbons (Fsp3) is 0.600. The lowest BCUT2D eigenvalue weighted by Crippen LogP contribution is -2.18. The molecule has 2 atom stereocenters. The lowest BCUT2D eigenvalue weighted by atomic mass is 9.83. The number of rotatable bonds is 0. The van der Waals surface area contributed by atoms with Crippen molar-refractivity contribution in [1.29, 1.82) is 0 Å². The van der Waals surface area contributed by atoms with Crippen LogP contribution in [-0.4, -0.2) is 15.3 Å². The monoisotopic (exact) mass is 182 g/mol. The topological polar surface area (TPSA) is 20.2 Å². The maximum absolute atomic E-state index is 9.82. The van der Waals surface area contributed by atoms with Gasteiger partial charge in [0, 0.05) is 0 Å². The molecule has 2 heteroatoms. The number of hydrogen-bond donors (Lipinski definition) is 1. The Balaban J connectivity index is 2.29. The van der Waals surface area contributed by atoms with Crippen molar-refractivity contribution >= 4 is 11.8 Å². The molecule has 0 aromatic rings. The SMILES string of the molecule is CC(C)(C)C1=CC2(O)SC2C=C1. The molecule has 0 aromatic carbocycles. The Morgan fingerprint density at radius 3 is 2.67 bits per heavy atom. The molecule has 2 unspecified atom stereocenters. The van der Waals surface area contributed by atoms with E-state index in [4.69, 9.17) is 0 Å². The van der Waals surface area contributed by atoms with E-state index in [2.05, 4.69) is 32.9 Å². The minimum Gasteiger partial charge on any atom is -0.374 e. The van der Waals surface area contributed by atoms with Gasteiger partial charge in [0.25, 0.3) is 0 Å². The van der Waals surface area contributed by atoms with Crippen molar-refractivity contribution < 1.29 is 5.11 Å². The van der Waals surface area contributed by atoms with Crippen molar-refractivity contribution in [3.63, 3.8) is 0 Å². The van der Waals surface area contributed by atoms with Crippen LogP contribution in [0.25, 0.3) is 0 Å². The Labute approximate surface area is 77.6 Å². The molecule has 66 valence electrons. The van der Waals surface area contributed by atoms with Gasteiger partial charge in [-0.2, -0.15) is 0 Å². The fourth-order valence-electron chi connectivity index (χ4n) is 1.39. The number of aliphatic hydroxyl groups is 1. The highest BCUT2D eigenvalue weighted by atomic mass is 32.2. The van der Waals surface area contributed by atoms with Crippen LogP contribution >= 0.6 is 11.8 Å². The van der Waals surface area contributed by atoms with Gasteiger partial charge in [0.15, 0.2) is 0 Å². The first-order chi connectivity index (χ1) is 5.42. The van der Waals surface area contributed by atoms with Gasteiger partial charge in [-0.05, 0) is 17.1 Å². The number of fused-ring (bicyclic) bond motifs is 1. The molecule has 0 bridgehead atoms. The van der Waals surface area contributed by atoms with E-state index in [1.165, 1.54) is 5.57 Å². The highest BCUT2D eigenvalue weighted by Gasteiger charge is 2.53. The predicted molar refractivity (Wildman–Crippen MR) is 53.0 cm³/mol. The molecule has 12 heavy (non-hydrogen) atoms. The predicted octanol–water partition coefficient (Wildman–Crippen LogP) is 2.33. The van der Waals surface area contributed by atoms with Crippen molar-refractivity contribution in [2.75, 3.05) is 0 Å². The summed E-state index contributed by atoms with van der Waals surface area (Å²) in [6, 6.07) is 0. The Morgan fingerprint density at radius 2 is 2.17 bits per heavy atom. The average molecular weight is 182 g/mol. The molecule has 2 aliphatic rings. The molecular weight excluding hydrogens is 168 g/mol. The highest BCUT2D eigenvalue weighted by Crippen LogP contribution is 2.56. The summed E-state index contributed by atoms with van der Waals surface area (Å²) >= 11 is 1.61. The minimum atomic E-state index is -0.558. The molecule has 1 fully saturated rings. The van der Waals surface area contributed by atoms with E-state index in [1.54, 1.807) is 11.8 Å². The summed E-state index contributed by atoms with van der Waals surface area (Å²) in [6.07, 6.45) is 6.24. The van der Waals surface area contributed by atoms with Crippen LogP contribution in [-0.2, 0) is 0 Å². The second-order valence-corrected chi connectivity index (χ2v) is 5.90. The maximum Gasteiger partial charge on any atom is 0.145 e. The van der Waals surface area contributed by atoms with E-state index in [0.29, 0.717) is 5.25 Å². The molecule has 1 saturated heterocycles. The van der Waals surface area contributed by atoms with E-state index in [-0.39, 0.29) is 5.41 Å². The standard InChI is InChI=1S/C10H14OS/c1-9(2,3)7-4-5-8-10(11,6-7)12-8/h4-6,8,11H,1-3H3. The Bertz CT molecular complexity index is 272. The minimum absolute atomic E-state index is 0.153. The summed E-state index contributed by atoms with van der Waals surface area (Å²) in [4.78, 5) is -0.558. The number of hydrogen-bond acceptors (Lipinski definition) is 2. The first kappa shape index (κ1) is 8.39. The summed E-state index contributed by atoms with van der Waals surface area (Å²) in [5.74, 6) is 0. The van der Waals surface area contributed by atoms with E-state index in [0.717, 1.165) is 0 Å². The third-order valence-electron chi connectivity index (χ3n) is 2.35. The van der Waals surface area contributed by atoms with Crippen LogP contribution in [0.5, 0.6) is 0 Å². The first-order valence-corrected chi connectivity index (χ1v) is 5.11. The Morgan fingerprint density at radius 1 is 1.50 bits per heavy atom. The molecule has 0 spiro atoms. The molecule has 0 saturated carbocycles. The van der Waals surface area contributed by atoms with Gasteiger partial charge < -0.3 is 5.11 Å². The van der Waals surface area contributed by atoms with Crippen LogP contribution < -0.4 is 0 Å². The summed E-state index contributed by atoms with van der Waals surface area (Å²) in [6.45, 7) is 6.50.